The fraction of sp³-hybridized carbons (Fsp3) is 0.333. The molecule has 0 aliphatic heterocycles. The maximum Gasteiger partial charge on any atom is 0.229 e. The topological polar surface area (TPSA) is 66.8 Å². The number of hydrogen-bond acceptors (Lipinski definition) is 6. The van der Waals surface area contributed by atoms with E-state index in [1.54, 1.807) is 24.5 Å². The molecule has 7 heteroatoms. The third-order valence-corrected chi connectivity index (χ3v) is 3.70. The van der Waals surface area contributed by atoms with Crippen molar-refractivity contribution in [3.8, 4) is 0 Å². The molecule has 0 saturated heterocycles. The Morgan fingerprint density at radius 2 is 1.64 bits per heavy atom. The molecular weight excluding hydrogens is 319 g/mol. The molecule has 0 unspecified atom stereocenters. The highest BCUT2D eigenvalue weighted by Gasteiger charge is 2.14. The Hall–Kier alpha value is -2.83. The van der Waals surface area contributed by atoms with Crippen molar-refractivity contribution in [1.29, 1.82) is 0 Å². The number of nitrogens with zero attached hydrogens (tertiary/aromatic N) is 5. The summed E-state index contributed by atoms with van der Waals surface area (Å²) in [4.78, 5) is 20.0. The molecule has 0 aliphatic carbocycles. The zero-order chi connectivity index (χ0) is 17.6. The van der Waals surface area contributed by atoms with E-state index in [1.165, 1.54) is 12.1 Å². The van der Waals surface area contributed by atoms with Gasteiger partial charge in [0.2, 0.25) is 5.95 Å². The van der Waals surface area contributed by atoms with E-state index in [0.29, 0.717) is 22.9 Å². The lowest BCUT2D eigenvalue weighted by Crippen LogP contribution is -2.27. The van der Waals surface area contributed by atoms with Gasteiger partial charge in [0.1, 0.15) is 5.82 Å². The lowest BCUT2D eigenvalue weighted by atomic mass is 10.3. The van der Waals surface area contributed by atoms with Crippen LogP contribution in [0.4, 0.5) is 21.8 Å². The van der Waals surface area contributed by atoms with Gasteiger partial charge in [-0.3, -0.25) is 0 Å². The summed E-state index contributed by atoms with van der Waals surface area (Å²) in [5, 5.41) is 3.21. The lowest BCUT2D eigenvalue weighted by Gasteiger charge is -2.22. The van der Waals surface area contributed by atoms with Crippen LogP contribution in [-0.4, -0.2) is 33.0 Å². The van der Waals surface area contributed by atoms with Crippen molar-refractivity contribution in [2.75, 3.05) is 23.3 Å². The number of halogens is 1. The summed E-state index contributed by atoms with van der Waals surface area (Å²) in [5.74, 6) is 0.911. The van der Waals surface area contributed by atoms with Gasteiger partial charge in [-0.15, -0.1) is 0 Å². The third-order valence-electron chi connectivity index (χ3n) is 3.70. The zero-order valence-electron chi connectivity index (χ0n) is 14.4. The van der Waals surface area contributed by atoms with E-state index in [1.807, 2.05) is 0 Å². The van der Waals surface area contributed by atoms with Crippen LogP contribution in [0.15, 0.2) is 36.7 Å². The Morgan fingerprint density at radius 3 is 2.32 bits per heavy atom. The number of benzene rings is 1. The predicted octanol–water partition coefficient (Wildman–Crippen LogP) is 3.93. The van der Waals surface area contributed by atoms with Gasteiger partial charge in [0, 0.05) is 31.2 Å². The Kier molecular flexibility index (Phi) is 5.33. The second kappa shape index (κ2) is 7.83. The number of aromatic nitrogens is 4. The van der Waals surface area contributed by atoms with E-state index in [4.69, 9.17) is 0 Å². The molecule has 0 spiro atoms. The predicted molar refractivity (Wildman–Crippen MR) is 97.6 cm³/mol. The van der Waals surface area contributed by atoms with E-state index in [2.05, 4.69) is 44.0 Å². The van der Waals surface area contributed by atoms with Gasteiger partial charge in [0.15, 0.2) is 17.0 Å². The van der Waals surface area contributed by atoms with Crippen LogP contribution in [0.25, 0.3) is 11.2 Å². The number of nitrogens with one attached hydrogen (secondary N) is 1. The van der Waals surface area contributed by atoms with Gasteiger partial charge in [-0.25, -0.2) is 14.4 Å². The Labute approximate surface area is 146 Å². The van der Waals surface area contributed by atoms with Crippen molar-refractivity contribution in [2.24, 2.45) is 0 Å². The molecule has 25 heavy (non-hydrogen) atoms. The zero-order valence-corrected chi connectivity index (χ0v) is 14.4. The summed E-state index contributed by atoms with van der Waals surface area (Å²) in [7, 11) is 0. The van der Waals surface area contributed by atoms with Crippen molar-refractivity contribution < 1.29 is 4.39 Å². The molecule has 6 nitrogen and oxygen atoms in total. The molecular formula is C18H21FN6. The van der Waals surface area contributed by atoms with Crippen molar-refractivity contribution in [2.45, 2.75) is 26.7 Å². The molecule has 0 bridgehead atoms. The first-order valence-electron chi connectivity index (χ1n) is 8.47. The fourth-order valence-electron chi connectivity index (χ4n) is 2.60. The second-order valence-electron chi connectivity index (χ2n) is 5.72. The first-order chi connectivity index (χ1) is 12.2. The quantitative estimate of drug-likeness (QED) is 0.703. The normalized spacial score (nSPS) is 10.8. The molecule has 0 saturated carbocycles. The largest absolute Gasteiger partial charge is 0.341 e. The van der Waals surface area contributed by atoms with Gasteiger partial charge in [-0.1, -0.05) is 13.8 Å². The van der Waals surface area contributed by atoms with Gasteiger partial charge in [0.25, 0.3) is 0 Å². The maximum atomic E-state index is 13.1. The van der Waals surface area contributed by atoms with Crippen molar-refractivity contribution in [3.63, 3.8) is 0 Å². The summed E-state index contributed by atoms with van der Waals surface area (Å²) in [6.45, 7) is 5.99. The molecule has 0 atom stereocenters. The summed E-state index contributed by atoms with van der Waals surface area (Å²) < 4.78 is 13.1. The molecule has 2 heterocycles. The SMILES string of the molecule is CCCN(CCC)c1nc(Nc2ccc(F)cc2)c2nccnc2n1. The van der Waals surface area contributed by atoms with Crippen LogP contribution < -0.4 is 10.2 Å². The van der Waals surface area contributed by atoms with Gasteiger partial charge in [-0.2, -0.15) is 9.97 Å². The minimum atomic E-state index is -0.282. The number of anilines is 3. The van der Waals surface area contributed by atoms with Crippen LogP contribution >= 0.6 is 0 Å². The number of hydrogen-bond donors (Lipinski definition) is 1. The van der Waals surface area contributed by atoms with Gasteiger partial charge in [-0.05, 0) is 37.1 Å². The van der Waals surface area contributed by atoms with Crippen molar-refractivity contribution >= 4 is 28.6 Å². The summed E-state index contributed by atoms with van der Waals surface area (Å²) in [5.41, 5.74) is 1.85. The van der Waals surface area contributed by atoms with E-state index in [0.717, 1.165) is 31.6 Å². The van der Waals surface area contributed by atoms with Crippen molar-refractivity contribution in [1.82, 2.24) is 19.9 Å². The Balaban J connectivity index is 2.04. The van der Waals surface area contributed by atoms with E-state index < -0.39 is 0 Å². The number of fused-ring (bicyclic) bond motifs is 1. The van der Waals surface area contributed by atoms with Crippen LogP contribution in [-0.2, 0) is 0 Å². The molecule has 1 N–H and O–H groups in total. The molecule has 0 amide bonds. The van der Waals surface area contributed by atoms with Gasteiger partial charge in [0.05, 0.1) is 0 Å². The highest BCUT2D eigenvalue weighted by Crippen LogP contribution is 2.24. The average molecular weight is 340 g/mol. The maximum absolute atomic E-state index is 13.1. The molecule has 0 fully saturated rings. The Bertz CT molecular complexity index is 831. The van der Waals surface area contributed by atoms with Crippen molar-refractivity contribution in [3.05, 3.63) is 42.5 Å². The molecule has 3 aromatic rings. The monoisotopic (exact) mass is 340 g/mol. The molecule has 0 radical (unpaired) electrons. The second-order valence-corrected chi connectivity index (χ2v) is 5.72. The van der Waals surface area contributed by atoms with Crippen LogP contribution in [0, 0.1) is 5.82 Å². The van der Waals surface area contributed by atoms with Crippen LogP contribution in [0.2, 0.25) is 0 Å². The third kappa shape index (κ3) is 3.99. The van der Waals surface area contributed by atoms with Crippen LogP contribution in [0.3, 0.4) is 0 Å². The lowest BCUT2D eigenvalue weighted by molar-refractivity contribution is 0.628. The average Bonchev–Trinajstić information content (AvgIpc) is 2.63. The van der Waals surface area contributed by atoms with Gasteiger partial charge < -0.3 is 10.2 Å². The van der Waals surface area contributed by atoms with Crippen LogP contribution in [0.1, 0.15) is 26.7 Å². The molecule has 0 aliphatic rings. The standard InChI is InChI=1S/C18H21FN6/c1-3-11-25(12-4-2)18-23-16-15(20-9-10-21-16)17(24-18)22-14-7-5-13(19)6-8-14/h5-10H,3-4,11-12H2,1-2H3,(H,21,22,23,24). The minimum Gasteiger partial charge on any atom is -0.341 e. The fourth-order valence-corrected chi connectivity index (χ4v) is 2.60. The molecule has 2 aromatic heterocycles. The van der Waals surface area contributed by atoms with E-state index in [9.17, 15) is 4.39 Å². The Morgan fingerprint density at radius 1 is 0.960 bits per heavy atom. The van der Waals surface area contributed by atoms with E-state index >= 15 is 0 Å². The highest BCUT2D eigenvalue weighted by molar-refractivity contribution is 5.85. The van der Waals surface area contributed by atoms with Crippen LogP contribution in [0.5, 0.6) is 0 Å². The summed E-state index contributed by atoms with van der Waals surface area (Å²) in [6.07, 6.45) is 5.23. The van der Waals surface area contributed by atoms with Gasteiger partial charge >= 0.3 is 0 Å². The first kappa shape index (κ1) is 17.0. The number of rotatable bonds is 7. The molecule has 3 rings (SSSR count). The van der Waals surface area contributed by atoms with E-state index in [-0.39, 0.29) is 5.82 Å². The first-order valence-corrected chi connectivity index (χ1v) is 8.47. The summed E-state index contributed by atoms with van der Waals surface area (Å²) >= 11 is 0. The minimum absolute atomic E-state index is 0.282. The highest BCUT2D eigenvalue weighted by atomic mass is 19.1. The summed E-state index contributed by atoms with van der Waals surface area (Å²) in [6, 6.07) is 6.13. The molecule has 1 aromatic carbocycles. The smallest absolute Gasteiger partial charge is 0.229 e. The molecule has 130 valence electrons.